The quantitative estimate of drug-likeness (QED) is 0.124. The monoisotopic (exact) mass is 473 g/mol. The van der Waals surface area contributed by atoms with Gasteiger partial charge in [0.15, 0.2) is 0 Å². The Kier molecular flexibility index (Phi) is 10.1. The molecule has 0 aromatic rings. The van der Waals surface area contributed by atoms with Crippen LogP contribution in [0.4, 0.5) is 0 Å². The number of hydrogen-bond donors (Lipinski definition) is 1. The van der Waals surface area contributed by atoms with Crippen LogP contribution in [0, 0.1) is 5.92 Å². The number of nitrogens with zero attached hydrogens (tertiary/aromatic N) is 2. The first-order valence-electron chi connectivity index (χ1n) is 8.72. The van der Waals surface area contributed by atoms with Crippen LogP contribution in [0.3, 0.4) is 0 Å². The predicted molar refractivity (Wildman–Crippen MR) is 111 cm³/mol. The number of hydrazine groups is 2. The Morgan fingerprint density at radius 3 is 2.73 bits per heavy atom. The van der Waals surface area contributed by atoms with Gasteiger partial charge in [-0.05, 0) is 43.8 Å². The lowest BCUT2D eigenvalue weighted by Gasteiger charge is -2.35. The summed E-state index contributed by atoms with van der Waals surface area (Å²) in [5, 5.41) is 1.38. The fourth-order valence-corrected chi connectivity index (χ4v) is 3.71. The molecule has 0 spiro atoms. The molecule has 0 saturated heterocycles. The Labute approximate surface area is 169 Å². The van der Waals surface area contributed by atoms with Crippen LogP contribution in [0.5, 0.6) is 0 Å². The van der Waals surface area contributed by atoms with E-state index in [0.29, 0.717) is 12.8 Å². The third-order valence-electron chi connectivity index (χ3n) is 4.18. The van der Waals surface area contributed by atoms with Gasteiger partial charge < -0.3 is 4.79 Å². The molecule has 2 N–H and O–H groups in total. The summed E-state index contributed by atoms with van der Waals surface area (Å²) in [6.45, 7) is 5.57. The lowest BCUT2D eigenvalue weighted by molar-refractivity contribution is -0.126. The van der Waals surface area contributed by atoms with Crippen molar-refractivity contribution in [2.24, 2.45) is 11.8 Å². The molecule has 144 valence electrons. The third-order valence-corrected chi connectivity index (χ3v) is 5.41. The molecule has 0 radical (unpaired) electrons. The highest BCUT2D eigenvalue weighted by Gasteiger charge is 2.28. The van der Waals surface area contributed by atoms with Crippen LogP contribution in [0.15, 0.2) is 35.5 Å². The van der Waals surface area contributed by atoms with Crippen LogP contribution in [-0.2, 0) is 14.4 Å². The van der Waals surface area contributed by atoms with Crippen LogP contribution in [0.25, 0.3) is 0 Å². The number of rotatable bonds is 11. The second-order valence-corrected chi connectivity index (χ2v) is 7.72. The molecule has 0 amide bonds. The SMILES string of the molecule is CC(=O)CC(=O)C[C@@H](C)CC(C1=CCC=CC=C1C)N(I)N(N)CC=O. The Bertz CT molecular complexity index is 613. The fourth-order valence-electron chi connectivity index (χ4n) is 3.01. The van der Waals surface area contributed by atoms with Crippen molar-refractivity contribution in [3.63, 3.8) is 0 Å². The summed E-state index contributed by atoms with van der Waals surface area (Å²) in [5.41, 5.74) is 2.27. The van der Waals surface area contributed by atoms with E-state index < -0.39 is 0 Å². The molecule has 1 rings (SSSR count). The van der Waals surface area contributed by atoms with Crippen molar-refractivity contribution in [3.05, 3.63) is 35.5 Å². The van der Waals surface area contributed by atoms with Gasteiger partial charge in [0.2, 0.25) is 0 Å². The number of hydrogen-bond acceptors (Lipinski definition) is 6. The van der Waals surface area contributed by atoms with Gasteiger partial charge in [0.05, 0.1) is 19.0 Å². The van der Waals surface area contributed by atoms with Crippen molar-refractivity contribution in [2.75, 3.05) is 6.54 Å². The van der Waals surface area contributed by atoms with E-state index in [-0.39, 0.29) is 36.5 Å². The van der Waals surface area contributed by atoms with E-state index in [0.717, 1.165) is 23.9 Å². The van der Waals surface area contributed by atoms with E-state index in [1.807, 2.05) is 23.1 Å². The normalized spacial score (nSPS) is 16.7. The first kappa shape index (κ1) is 22.9. The lowest BCUT2D eigenvalue weighted by atomic mass is 9.89. The Morgan fingerprint density at radius 1 is 1.42 bits per heavy atom. The molecule has 6 nitrogen and oxygen atoms in total. The highest BCUT2D eigenvalue weighted by molar-refractivity contribution is 14.1. The summed E-state index contributed by atoms with van der Waals surface area (Å²) < 4.78 is 1.83. The zero-order valence-corrected chi connectivity index (χ0v) is 17.8. The number of carbonyl (C=O) groups excluding carboxylic acids is 3. The molecular weight excluding hydrogens is 445 g/mol. The summed E-state index contributed by atoms with van der Waals surface area (Å²) in [5.74, 6) is 5.95. The van der Waals surface area contributed by atoms with Gasteiger partial charge in [-0.2, -0.15) is 8.34 Å². The summed E-state index contributed by atoms with van der Waals surface area (Å²) in [4.78, 5) is 34.0. The topological polar surface area (TPSA) is 83.7 Å². The number of Topliss-reactive ketones (excluding diaryl/α,β-unsaturated/α-hetero) is 2. The number of aldehydes is 1. The van der Waals surface area contributed by atoms with Gasteiger partial charge in [0, 0.05) is 29.3 Å². The predicted octanol–water partition coefficient (Wildman–Crippen LogP) is 3.09. The van der Waals surface area contributed by atoms with E-state index in [1.165, 1.54) is 12.0 Å². The number of allylic oxidation sites excluding steroid dienone is 4. The van der Waals surface area contributed by atoms with Crippen LogP contribution in [0.2, 0.25) is 0 Å². The minimum atomic E-state index is -0.107. The molecule has 0 aliphatic heterocycles. The maximum atomic E-state index is 12.0. The molecule has 7 heteroatoms. The Morgan fingerprint density at radius 2 is 2.12 bits per heavy atom. The maximum Gasteiger partial charge on any atom is 0.140 e. The van der Waals surface area contributed by atoms with Gasteiger partial charge in [-0.25, -0.2) is 0 Å². The van der Waals surface area contributed by atoms with Crippen molar-refractivity contribution in [1.29, 1.82) is 0 Å². The average Bonchev–Trinajstić information content (AvgIpc) is 2.75. The van der Waals surface area contributed by atoms with Crippen LogP contribution >= 0.6 is 22.9 Å². The van der Waals surface area contributed by atoms with Crippen LogP contribution in [0.1, 0.15) is 46.5 Å². The van der Waals surface area contributed by atoms with Gasteiger partial charge in [0.1, 0.15) is 17.9 Å². The number of carbonyl (C=O) groups is 3. The number of halogens is 1. The molecule has 0 bridgehead atoms. The lowest BCUT2D eigenvalue weighted by Crippen LogP contribution is -2.49. The van der Waals surface area contributed by atoms with Gasteiger partial charge >= 0.3 is 0 Å². The molecule has 0 aromatic heterocycles. The zero-order valence-electron chi connectivity index (χ0n) is 15.7. The zero-order chi connectivity index (χ0) is 19.7. The summed E-state index contributed by atoms with van der Waals surface area (Å²) in [6.07, 6.45) is 10.9. The fraction of sp³-hybridized carbons (Fsp3) is 0.526. The molecule has 1 aliphatic carbocycles. The average molecular weight is 473 g/mol. The van der Waals surface area contributed by atoms with Crippen molar-refractivity contribution in [3.8, 4) is 0 Å². The molecular formula is C19H28IN3O3. The van der Waals surface area contributed by atoms with E-state index in [9.17, 15) is 14.4 Å². The molecule has 0 fully saturated rings. The molecule has 0 saturated carbocycles. The van der Waals surface area contributed by atoms with E-state index >= 15 is 0 Å². The second kappa shape index (κ2) is 11.5. The van der Waals surface area contributed by atoms with Crippen molar-refractivity contribution < 1.29 is 14.4 Å². The van der Waals surface area contributed by atoms with Crippen molar-refractivity contribution in [2.45, 2.75) is 52.5 Å². The molecule has 2 atom stereocenters. The van der Waals surface area contributed by atoms with Crippen LogP contribution in [-0.4, -0.2) is 38.8 Å². The smallest absolute Gasteiger partial charge is 0.140 e. The summed E-state index contributed by atoms with van der Waals surface area (Å²) in [6, 6.07) is -0.0724. The molecule has 1 unspecified atom stereocenters. The highest BCUT2D eigenvalue weighted by atomic mass is 127. The Hall–Kier alpha value is -1.16. The third kappa shape index (κ3) is 7.61. The van der Waals surface area contributed by atoms with E-state index in [2.05, 4.69) is 41.1 Å². The van der Waals surface area contributed by atoms with Crippen molar-refractivity contribution in [1.82, 2.24) is 8.34 Å². The largest absolute Gasteiger partial charge is 0.302 e. The molecule has 26 heavy (non-hydrogen) atoms. The number of ketones is 2. The van der Waals surface area contributed by atoms with Gasteiger partial charge in [-0.15, -0.1) is 0 Å². The van der Waals surface area contributed by atoms with Crippen molar-refractivity contribution >= 4 is 40.7 Å². The second-order valence-electron chi connectivity index (χ2n) is 6.73. The number of nitrogens with two attached hydrogens (primary N) is 1. The Balaban J connectivity index is 2.97. The molecule has 0 heterocycles. The minimum absolute atomic E-state index is 0.0113. The van der Waals surface area contributed by atoms with Crippen LogP contribution < -0.4 is 5.84 Å². The van der Waals surface area contributed by atoms with E-state index in [4.69, 9.17) is 5.84 Å². The highest BCUT2D eigenvalue weighted by Crippen LogP contribution is 2.30. The summed E-state index contributed by atoms with van der Waals surface area (Å²) >= 11 is 2.11. The van der Waals surface area contributed by atoms with E-state index in [1.54, 1.807) is 0 Å². The maximum absolute atomic E-state index is 12.0. The standard InChI is InChI=1S/C19H28IN3O3/c1-14(11-17(26)13-16(3)25)12-19(23(20)22(21)9-10-24)18-8-6-4-5-7-15(18)2/h4-5,7-8,10,14,19H,6,9,11-13,21H2,1-3H3/t14-,19?/m1/s1. The first-order chi connectivity index (χ1) is 12.3. The minimum Gasteiger partial charge on any atom is -0.302 e. The van der Waals surface area contributed by atoms with Gasteiger partial charge in [0.25, 0.3) is 0 Å². The molecule has 1 aliphatic rings. The van der Waals surface area contributed by atoms with Gasteiger partial charge in [-0.3, -0.25) is 15.4 Å². The first-order valence-corrected chi connectivity index (χ1v) is 9.68. The summed E-state index contributed by atoms with van der Waals surface area (Å²) in [7, 11) is 0. The molecule has 0 aromatic carbocycles. The van der Waals surface area contributed by atoms with Gasteiger partial charge in [-0.1, -0.05) is 31.2 Å².